The molecule has 8 nitrogen and oxygen atoms in total. The van der Waals surface area contributed by atoms with Gasteiger partial charge in [0.05, 0.1) is 26.4 Å². The molecule has 0 aliphatic heterocycles. The molecule has 0 heterocycles. The fourth-order valence-corrected chi connectivity index (χ4v) is 7.21. The molecule has 0 saturated carbocycles. The predicted octanol–water partition coefficient (Wildman–Crippen LogP) is 7.35. The van der Waals surface area contributed by atoms with Gasteiger partial charge in [-0.15, -0.1) is 0 Å². The summed E-state index contributed by atoms with van der Waals surface area (Å²) in [7, 11) is 0. The van der Waals surface area contributed by atoms with Gasteiger partial charge in [0, 0.05) is 51.9 Å². The zero-order valence-corrected chi connectivity index (χ0v) is 31.9. The average Bonchev–Trinajstić information content (AvgIpc) is 3.15. The molecule has 0 atom stereocenters. The Morgan fingerprint density at radius 1 is 0.346 bits per heavy atom. The van der Waals surface area contributed by atoms with E-state index in [1.807, 2.05) is 0 Å². The van der Waals surface area contributed by atoms with Crippen molar-refractivity contribution in [1.29, 1.82) is 0 Å². The summed E-state index contributed by atoms with van der Waals surface area (Å²) in [5.74, 6) is 3.56. The van der Waals surface area contributed by atoms with E-state index in [0.717, 1.165) is 115 Å². The van der Waals surface area contributed by atoms with Gasteiger partial charge in [0.1, 0.15) is 23.0 Å². The van der Waals surface area contributed by atoms with Crippen molar-refractivity contribution in [2.45, 2.75) is 105 Å². The van der Waals surface area contributed by atoms with Crippen LogP contribution in [0, 0.1) is 0 Å². The van der Waals surface area contributed by atoms with Gasteiger partial charge in [-0.2, -0.15) is 0 Å². The van der Waals surface area contributed by atoms with E-state index in [4.69, 9.17) is 41.9 Å². The molecule has 1 aliphatic rings. The topological polar surface area (TPSA) is 141 Å². The van der Waals surface area contributed by atoms with Crippen LogP contribution in [0.2, 0.25) is 0 Å². The van der Waals surface area contributed by atoms with E-state index >= 15 is 0 Å². The summed E-state index contributed by atoms with van der Waals surface area (Å²) in [6.45, 7) is 12.6. The smallest absolute Gasteiger partial charge is 0.126 e. The van der Waals surface area contributed by atoms with Gasteiger partial charge in [-0.3, -0.25) is 0 Å². The molecule has 4 aromatic carbocycles. The normalized spacial score (nSPS) is 12.5. The van der Waals surface area contributed by atoms with Crippen molar-refractivity contribution in [2.24, 2.45) is 22.9 Å². The standard InChI is InChI=1S/C44H60N4O4/c1-5-9-49-41-33-13-29(25-45)14-34(41)22-36-16-31(27-47)18-38(43(36)51-11-7-3)24-40-20-32(28-48)19-39(44(40)52-12-8-4)23-37-17-30(26-46)15-35(21-33)42(37)50-10-6-2/h13-20H,5-12,21-28,45-48H2,1-4H3. The SMILES string of the molecule is CCCOc1c2cc(CN)cc1Cc1cc(CN)cc(c1OCCC)Cc1cc(CN)cc(c1OCCC)Cc1cc(CN)cc(c1OCCC)C2. The number of nitrogens with two attached hydrogens (primary N) is 4. The Balaban J connectivity index is 1.89. The lowest BCUT2D eigenvalue weighted by molar-refractivity contribution is 0.304. The Bertz CT molecular complexity index is 1450. The van der Waals surface area contributed by atoms with E-state index in [0.29, 0.717) is 78.3 Å². The van der Waals surface area contributed by atoms with Gasteiger partial charge in [0.15, 0.2) is 0 Å². The second kappa shape index (κ2) is 19.1. The Hall–Kier alpha value is -4.08. The number of ether oxygens (including phenoxy) is 4. The molecule has 0 radical (unpaired) electrons. The summed E-state index contributed by atoms with van der Waals surface area (Å²) in [4.78, 5) is 0. The van der Waals surface area contributed by atoms with Crippen molar-refractivity contribution in [3.05, 3.63) is 115 Å². The molecule has 8 bridgehead atoms. The third-order valence-electron chi connectivity index (χ3n) is 9.48. The first kappa shape index (κ1) is 39.1. The van der Waals surface area contributed by atoms with Crippen LogP contribution in [0.15, 0.2) is 48.5 Å². The molecular formula is C44H60N4O4. The van der Waals surface area contributed by atoms with E-state index in [9.17, 15) is 0 Å². The van der Waals surface area contributed by atoms with Gasteiger partial charge >= 0.3 is 0 Å². The van der Waals surface area contributed by atoms with E-state index in [1.165, 1.54) is 0 Å². The number of fused-ring (bicyclic) bond motifs is 8. The van der Waals surface area contributed by atoms with Gasteiger partial charge in [-0.1, -0.05) is 76.2 Å². The number of rotatable bonds is 16. The molecule has 1 aliphatic carbocycles. The van der Waals surface area contributed by atoms with Gasteiger partial charge < -0.3 is 41.9 Å². The minimum Gasteiger partial charge on any atom is -0.493 e. The predicted molar refractivity (Wildman–Crippen MR) is 212 cm³/mol. The first-order chi connectivity index (χ1) is 25.4. The fourth-order valence-electron chi connectivity index (χ4n) is 7.21. The van der Waals surface area contributed by atoms with Crippen molar-refractivity contribution in [3.8, 4) is 23.0 Å². The average molecular weight is 709 g/mol. The summed E-state index contributed by atoms with van der Waals surface area (Å²) >= 11 is 0. The fraction of sp³-hybridized carbons (Fsp3) is 0.455. The second-order valence-electron chi connectivity index (χ2n) is 13.9. The Morgan fingerprint density at radius 3 is 0.654 bits per heavy atom. The Morgan fingerprint density at radius 2 is 0.519 bits per heavy atom. The van der Waals surface area contributed by atoms with Crippen LogP contribution in [-0.2, 0) is 51.9 Å². The highest BCUT2D eigenvalue weighted by Gasteiger charge is 2.24. The van der Waals surface area contributed by atoms with E-state index in [2.05, 4.69) is 76.2 Å². The van der Waals surface area contributed by atoms with E-state index < -0.39 is 0 Å². The summed E-state index contributed by atoms with van der Waals surface area (Å²) in [5.41, 5.74) is 38.3. The third-order valence-corrected chi connectivity index (χ3v) is 9.48. The van der Waals surface area contributed by atoms with Crippen LogP contribution in [0.3, 0.4) is 0 Å². The second-order valence-corrected chi connectivity index (χ2v) is 13.9. The van der Waals surface area contributed by atoms with Crippen LogP contribution in [0.25, 0.3) is 0 Å². The molecule has 52 heavy (non-hydrogen) atoms. The minimum absolute atomic E-state index is 0.410. The number of hydrogen-bond donors (Lipinski definition) is 4. The zero-order chi connectivity index (χ0) is 37.0. The maximum absolute atomic E-state index is 6.67. The zero-order valence-electron chi connectivity index (χ0n) is 31.9. The molecule has 4 aromatic rings. The van der Waals surface area contributed by atoms with E-state index in [-0.39, 0.29) is 0 Å². The van der Waals surface area contributed by atoms with Gasteiger partial charge in [-0.25, -0.2) is 0 Å². The van der Waals surface area contributed by atoms with Crippen LogP contribution >= 0.6 is 0 Å². The van der Waals surface area contributed by atoms with Crippen LogP contribution in [-0.4, -0.2) is 26.4 Å². The minimum atomic E-state index is 0.410. The maximum Gasteiger partial charge on any atom is 0.126 e. The van der Waals surface area contributed by atoms with Gasteiger partial charge in [0.2, 0.25) is 0 Å². The molecular weight excluding hydrogens is 649 g/mol. The molecule has 8 N–H and O–H groups in total. The lowest BCUT2D eigenvalue weighted by Gasteiger charge is -2.24. The highest BCUT2D eigenvalue weighted by Crippen LogP contribution is 2.41. The van der Waals surface area contributed by atoms with Crippen LogP contribution in [0.4, 0.5) is 0 Å². The van der Waals surface area contributed by atoms with Crippen molar-refractivity contribution in [2.75, 3.05) is 26.4 Å². The summed E-state index contributed by atoms with van der Waals surface area (Å²) in [5, 5.41) is 0. The lowest BCUT2D eigenvalue weighted by atomic mass is 9.88. The van der Waals surface area contributed by atoms with Crippen LogP contribution in [0.1, 0.15) is 120 Å². The summed E-state index contributed by atoms with van der Waals surface area (Å²) in [6.07, 6.45) is 5.94. The summed E-state index contributed by atoms with van der Waals surface area (Å²) < 4.78 is 26.7. The molecule has 8 heteroatoms. The molecule has 0 unspecified atom stereocenters. The lowest BCUT2D eigenvalue weighted by Crippen LogP contribution is -2.13. The number of hydrogen-bond acceptors (Lipinski definition) is 8. The Kier molecular flexibility index (Phi) is 14.4. The highest BCUT2D eigenvalue weighted by molar-refractivity contribution is 5.58. The molecule has 0 spiro atoms. The Labute approximate surface area is 311 Å². The van der Waals surface area contributed by atoms with Crippen LogP contribution in [0.5, 0.6) is 23.0 Å². The largest absolute Gasteiger partial charge is 0.493 e. The first-order valence-electron chi connectivity index (χ1n) is 19.3. The van der Waals surface area contributed by atoms with Crippen molar-refractivity contribution >= 4 is 0 Å². The molecule has 0 amide bonds. The van der Waals surface area contributed by atoms with Gasteiger partial charge in [0.25, 0.3) is 0 Å². The molecule has 280 valence electrons. The molecule has 0 saturated heterocycles. The molecule has 5 rings (SSSR count). The third kappa shape index (κ3) is 9.28. The monoisotopic (exact) mass is 708 g/mol. The maximum atomic E-state index is 6.67. The van der Waals surface area contributed by atoms with Gasteiger partial charge in [-0.05, 0) is 92.4 Å². The summed E-state index contributed by atoms with van der Waals surface area (Å²) in [6, 6.07) is 17.6. The number of benzene rings is 4. The quantitative estimate of drug-likeness (QED) is 0.0834. The highest BCUT2D eigenvalue weighted by atomic mass is 16.5. The van der Waals surface area contributed by atoms with Crippen LogP contribution < -0.4 is 41.9 Å². The first-order valence-corrected chi connectivity index (χ1v) is 19.3. The van der Waals surface area contributed by atoms with E-state index in [1.54, 1.807) is 0 Å². The van der Waals surface area contributed by atoms with Crippen molar-refractivity contribution in [3.63, 3.8) is 0 Å². The molecule has 0 fully saturated rings. The molecule has 0 aromatic heterocycles. The van der Waals surface area contributed by atoms with Crippen molar-refractivity contribution in [1.82, 2.24) is 0 Å². The van der Waals surface area contributed by atoms with Crippen molar-refractivity contribution < 1.29 is 18.9 Å².